The largest absolute Gasteiger partial charge is 0.463 e. The zero-order valence-electron chi connectivity index (χ0n) is 20.7. The number of amides is 1. The predicted octanol–water partition coefficient (Wildman–Crippen LogP) is 2.73. The molecule has 0 spiro atoms. The van der Waals surface area contributed by atoms with Gasteiger partial charge in [-0.2, -0.15) is 0 Å². The van der Waals surface area contributed by atoms with Crippen LogP contribution in [0.15, 0.2) is 33.6 Å². The minimum Gasteiger partial charge on any atom is -0.463 e. The second kappa shape index (κ2) is 12.8. The monoisotopic (exact) mass is 629 g/mol. The van der Waals surface area contributed by atoms with Crippen molar-refractivity contribution in [2.75, 3.05) is 6.61 Å². The highest BCUT2D eigenvalue weighted by Gasteiger charge is 2.56. The number of esters is 4. The summed E-state index contributed by atoms with van der Waals surface area (Å²) in [7, 11) is 0. The summed E-state index contributed by atoms with van der Waals surface area (Å²) in [6.45, 7) is 4.10. The quantitative estimate of drug-likeness (QED) is 0.190. The number of thiocarbonyl (C=S) groups is 1. The molecule has 38 heavy (non-hydrogen) atoms. The molecule has 0 aliphatic carbocycles. The van der Waals surface area contributed by atoms with Gasteiger partial charge in [-0.15, -0.1) is 0 Å². The lowest BCUT2D eigenvalue weighted by molar-refractivity contribution is -0.268. The third-order valence-electron chi connectivity index (χ3n) is 5.21. The van der Waals surface area contributed by atoms with Crippen molar-refractivity contribution in [3.8, 4) is 0 Å². The first kappa shape index (κ1) is 29.7. The molecule has 2 aliphatic rings. The van der Waals surface area contributed by atoms with Crippen molar-refractivity contribution in [2.24, 2.45) is 0 Å². The van der Waals surface area contributed by atoms with Gasteiger partial charge in [-0.25, -0.2) is 0 Å². The summed E-state index contributed by atoms with van der Waals surface area (Å²) in [5, 5.41) is 0. The lowest BCUT2D eigenvalue weighted by Crippen LogP contribution is -2.66. The molecular weight excluding hydrogens is 606 g/mol. The summed E-state index contributed by atoms with van der Waals surface area (Å²) in [6.07, 6.45) is -5.17. The number of carbonyl (C=O) groups excluding carboxylic acids is 5. The Morgan fingerprint density at radius 3 is 2.05 bits per heavy atom. The molecule has 3 rings (SSSR count). The first-order chi connectivity index (χ1) is 17.9. The fourth-order valence-electron chi connectivity index (χ4n) is 3.82. The lowest BCUT2D eigenvalue weighted by Gasteiger charge is -2.46. The second-order valence-corrected chi connectivity index (χ2v) is 10.8. The van der Waals surface area contributed by atoms with E-state index in [0.29, 0.717) is 0 Å². The third kappa shape index (κ3) is 7.40. The number of carbonyl (C=O) groups is 5. The van der Waals surface area contributed by atoms with Crippen molar-refractivity contribution < 1.29 is 47.7 Å². The highest BCUT2D eigenvalue weighted by Crippen LogP contribution is 2.39. The van der Waals surface area contributed by atoms with E-state index < -0.39 is 67.0 Å². The van der Waals surface area contributed by atoms with Crippen LogP contribution in [0, 0.1) is 0 Å². The van der Waals surface area contributed by atoms with Crippen molar-refractivity contribution in [1.29, 1.82) is 0 Å². The SMILES string of the molecule is CC(=O)OC[C@@H]1O[C@H](N2C(=O)/C(=C/c3ccc(Br)cc3)SC2=S)[C@H](OC(C)=O)[C@H](OC(C)=O)[C@@H]1OC(C)=O. The van der Waals surface area contributed by atoms with Crippen LogP contribution in [0.3, 0.4) is 0 Å². The first-order valence-electron chi connectivity index (χ1n) is 11.2. The fourth-order valence-corrected chi connectivity index (χ4v) is 5.40. The summed E-state index contributed by atoms with van der Waals surface area (Å²) in [6, 6.07) is 7.22. The third-order valence-corrected chi connectivity index (χ3v) is 7.07. The number of thioether (sulfide) groups is 1. The number of benzene rings is 1. The van der Waals surface area contributed by atoms with Crippen LogP contribution >= 0.6 is 39.9 Å². The minimum absolute atomic E-state index is 0.0826. The van der Waals surface area contributed by atoms with E-state index in [9.17, 15) is 24.0 Å². The Morgan fingerprint density at radius 1 is 0.947 bits per heavy atom. The van der Waals surface area contributed by atoms with Crippen LogP contribution in [-0.4, -0.2) is 76.3 Å². The van der Waals surface area contributed by atoms with Crippen LogP contribution in [0.5, 0.6) is 0 Å². The number of rotatable bonds is 7. The molecule has 14 heteroatoms. The molecule has 0 N–H and O–H groups in total. The molecular formula is C24H24BrNO10S2. The summed E-state index contributed by atoms with van der Waals surface area (Å²) in [4.78, 5) is 62.4. The molecule has 2 fully saturated rings. The van der Waals surface area contributed by atoms with E-state index in [1.807, 2.05) is 12.1 Å². The van der Waals surface area contributed by atoms with E-state index in [-0.39, 0.29) is 9.23 Å². The molecule has 1 aromatic carbocycles. The van der Waals surface area contributed by atoms with Gasteiger partial charge in [0.1, 0.15) is 12.7 Å². The highest BCUT2D eigenvalue weighted by molar-refractivity contribution is 9.10. The van der Waals surface area contributed by atoms with Gasteiger partial charge >= 0.3 is 23.9 Å². The van der Waals surface area contributed by atoms with Crippen LogP contribution in [0.2, 0.25) is 0 Å². The average molecular weight is 630 g/mol. The van der Waals surface area contributed by atoms with Crippen molar-refractivity contribution in [1.82, 2.24) is 4.90 Å². The normalized spacial score (nSPS) is 26.2. The molecule has 1 aromatic rings. The summed E-state index contributed by atoms with van der Waals surface area (Å²) in [5.41, 5.74) is 0.732. The van der Waals surface area contributed by atoms with Crippen LogP contribution in [0.25, 0.3) is 6.08 Å². The van der Waals surface area contributed by atoms with Gasteiger partial charge in [0, 0.05) is 32.2 Å². The maximum Gasteiger partial charge on any atom is 0.303 e. The molecule has 204 valence electrons. The molecule has 0 bridgehead atoms. The number of hydrogen-bond acceptors (Lipinski definition) is 12. The number of halogens is 1. The van der Waals surface area contributed by atoms with Gasteiger partial charge in [0.2, 0.25) is 0 Å². The fraction of sp³-hybridized carbons (Fsp3) is 0.417. The van der Waals surface area contributed by atoms with Gasteiger partial charge in [-0.1, -0.05) is 52.0 Å². The molecule has 2 aliphatic heterocycles. The van der Waals surface area contributed by atoms with Crippen LogP contribution in [0.4, 0.5) is 0 Å². The summed E-state index contributed by atoms with van der Waals surface area (Å²) in [5.74, 6) is -3.52. The van der Waals surface area contributed by atoms with Crippen LogP contribution in [-0.2, 0) is 47.7 Å². The topological polar surface area (TPSA) is 135 Å². The maximum absolute atomic E-state index is 13.5. The number of ether oxygens (including phenoxy) is 5. The number of nitrogens with zero attached hydrogens (tertiary/aromatic N) is 1. The van der Waals surface area contributed by atoms with Crippen LogP contribution in [0.1, 0.15) is 33.3 Å². The summed E-state index contributed by atoms with van der Waals surface area (Å²) < 4.78 is 28.3. The lowest BCUT2D eigenvalue weighted by atomic mass is 9.96. The van der Waals surface area contributed by atoms with E-state index in [0.717, 1.165) is 47.5 Å². The summed E-state index contributed by atoms with van der Waals surface area (Å²) >= 11 is 9.83. The minimum atomic E-state index is -1.44. The molecule has 5 atom stereocenters. The molecule has 1 amide bonds. The van der Waals surface area contributed by atoms with Gasteiger partial charge in [-0.3, -0.25) is 28.9 Å². The Kier molecular flexibility index (Phi) is 10.0. The second-order valence-electron chi connectivity index (χ2n) is 8.19. The van der Waals surface area contributed by atoms with Crippen molar-refractivity contribution in [2.45, 2.75) is 58.3 Å². The van der Waals surface area contributed by atoms with E-state index in [4.69, 9.17) is 35.9 Å². The smallest absolute Gasteiger partial charge is 0.303 e. The maximum atomic E-state index is 13.5. The number of hydrogen-bond donors (Lipinski definition) is 0. The Bertz CT molecular complexity index is 1170. The molecule has 0 saturated carbocycles. The van der Waals surface area contributed by atoms with E-state index in [2.05, 4.69) is 15.9 Å². The van der Waals surface area contributed by atoms with Gasteiger partial charge in [-0.05, 0) is 23.8 Å². The van der Waals surface area contributed by atoms with Crippen molar-refractivity contribution in [3.63, 3.8) is 0 Å². The molecule has 0 unspecified atom stereocenters. The first-order valence-corrected chi connectivity index (χ1v) is 13.2. The average Bonchev–Trinajstić information content (AvgIpc) is 3.08. The van der Waals surface area contributed by atoms with Crippen molar-refractivity contribution >= 4 is 80.1 Å². The van der Waals surface area contributed by atoms with Crippen LogP contribution < -0.4 is 0 Å². The van der Waals surface area contributed by atoms with E-state index >= 15 is 0 Å². The highest BCUT2D eigenvalue weighted by atomic mass is 79.9. The Labute approximate surface area is 236 Å². The van der Waals surface area contributed by atoms with E-state index in [1.54, 1.807) is 18.2 Å². The molecule has 11 nitrogen and oxygen atoms in total. The van der Waals surface area contributed by atoms with Crippen molar-refractivity contribution in [3.05, 3.63) is 39.2 Å². The molecule has 2 saturated heterocycles. The predicted molar refractivity (Wildman–Crippen MR) is 141 cm³/mol. The Morgan fingerprint density at radius 2 is 1.50 bits per heavy atom. The Hall–Kier alpha value is -2.81. The Balaban J connectivity index is 2.04. The van der Waals surface area contributed by atoms with Gasteiger partial charge in [0.05, 0.1) is 4.91 Å². The molecule has 0 aromatic heterocycles. The van der Waals surface area contributed by atoms with Gasteiger partial charge in [0.15, 0.2) is 28.9 Å². The standard InChI is InChI=1S/C24H24BrNO10S2/c1-11(27)32-10-17-19(33-12(2)28)20(34-13(3)29)21(35-14(4)30)23(36-17)26-22(31)18(38-24(26)37)9-15-5-7-16(25)8-6-15/h5-9,17,19-21,23H,10H2,1-4H3/b18-9-/t17-,19+,20+,21+,23-/m0/s1. The zero-order valence-corrected chi connectivity index (χ0v) is 23.9. The van der Waals surface area contributed by atoms with Gasteiger partial charge in [0.25, 0.3) is 5.91 Å². The molecule has 0 radical (unpaired) electrons. The molecule has 2 heterocycles. The van der Waals surface area contributed by atoms with Gasteiger partial charge < -0.3 is 23.7 Å². The zero-order chi connectivity index (χ0) is 28.1. The van der Waals surface area contributed by atoms with E-state index in [1.165, 1.54) is 6.92 Å².